The minimum Gasteiger partial charge on any atom is -0.477 e. The fourth-order valence-corrected chi connectivity index (χ4v) is 1.86. The van der Waals surface area contributed by atoms with Crippen molar-refractivity contribution in [1.29, 1.82) is 0 Å². The summed E-state index contributed by atoms with van der Waals surface area (Å²) in [7, 11) is 0. The molecule has 0 amide bonds. The number of hydrogen-bond acceptors (Lipinski definition) is 2. The average Bonchev–Trinajstić information content (AvgIpc) is 2.17. The van der Waals surface area contributed by atoms with E-state index in [4.69, 9.17) is 28.3 Å². The van der Waals surface area contributed by atoms with Gasteiger partial charge in [0.05, 0.1) is 0 Å². The Hall–Kier alpha value is -0.320. The van der Waals surface area contributed by atoms with Crippen molar-refractivity contribution < 1.29 is 14.3 Å². The molecule has 0 aliphatic heterocycles. The first-order valence-electron chi connectivity index (χ1n) is 2.40. The number of aromatic carboxylic acids is 1. The van der Waals surface area contributed by atoms with Crippen LogP contribution in [0.4, 0.5) is 4.39 Å². The van der Waals surface area contributed by atoms with E-state index in [-0.39, 0.29) is 9.21 Å². The zero-order chi connectivity index (χ0) is 8.59. The lowest BCUT2D eigenvalue weighted by molar-refractivity contribution is 0.0702. The van der Waals surface area contributed by atoms with Crippen molar-refractivity contribution in [2.24, 2.45) is 0 Å². The van der Waals surface area contributed by atoms with E-state index in [2.05, 4.69) is 0 Å². The lowest BCUT2D eigenvalue weighted by Crippen LogP contribution is -1.91. The van der Waals surface area contributed by atoms with Gasteiger partial charge < -0.3 is 5.11 Å². The normalized spacial score (nSPS) is 10.1. The molecule has 0 spiro atoms. The van der Waals surface area contributed by atoms with Crippen molar-refractivity contribution in [3.05, 3.63) is 20.1 Å². The van der Waals surface area contributed by atoms with Crippen LogP contribution in [0.2, 0.25) is 9.36 Å². The standard InChI is InChI=1S/C5HCl2FO2S/c6-1-2(8)4(7)11-3(1)5(9)10/h(H,9,10). The zero-order valence-corrected chi connectivity index (χ0v) is 7.23. The van der Waals surface area contributed by atoms with E-state index in [9.17, 15) is 9.18 Å². The number of halogens is 3. The molecule has 1 rings (SSSR count). The predicted octanol–water partition coefficient (Wildman–Crippen LogP) is 2.89. The van der Waals surface area contributed by atoms with Crippen LogP contribution >= 0.6 is 34.5 Å². The highest BCUT2D eigenvalue weighted by molar-refractivity contribution is 7.18. The molecule has 0 saturated carbocycles. The highest BCUT2D eigenvalue weighted by atomic mass is 35.5. The molecule has 0 radical (unpaired) electrons. The Bertz CT molecular complexity index is 310. The van der Waals surface area contributed by atoms with Gasteiger partial charge in [-0.2, -0.15) is 0 Å². The van der Waals surface area contributed by atoms with Crippen LogP contribution in [0.5, 0.6) is 0 Å². The zero-order valence-electron chi connectivity index (χ0n) is 4.90. The highest BCUT2D eigenvalue weighted by Crippen LogP contribution is 2.34. The first-order chi connectivity index (χ1) is 5.04. The number of hydrogen-bond donors (Lipinski definition) is 1. The van der Waals surface area contributed by atoms with E-state index in [1.54, 1.807) is 0 Å². The van der Waals surface area contributed by atoms with Crippen molar-refractivity contribution >= 4 is 40.5 Å². The van der Waals surface area contributed by atoms with Crippen LogP contribution in [0, 0.1) is 5.82 Å². The van der Waals surface area contributed by atoms with Gasteiger partial charge in [-0.05, 0) is 0 Å². The summed E-state index contributed by atoms with van der Waals surface area (Å²) < 4.78 is 12.4. The van der Waals surface area contributed by atoms with Gasteiger partial charge in [-0.3, -0.25) is 0 Å². The van der Waals surface area contributed by atoms with E-state index in [0.717, 1.165) is 0 Å². The van der Waals surface area contributed by atoms with Crippen molar-refractivity contribution in [3.63, 3.8) is 0 Å². The van der Waals surface area contributed by atoms with Crippen LogP contribution in [-0.2, 0) is 0 Å². The van der Waals surface area contributed by atoms with Crippen LogP contribution < -0.4 is 0 Å². The van der Waals surface area contributed by atoms with Crippen molar-refractivity contribution in [2.75, 3.05) is 0 Å². The first kappa shape index (κ1) is 8.77. The molecule has 0 aliphatic carbocycles. The molecule has 1 heterocycles. The summed E-state index contributed by atoms with van der Waals surface area (Å²) in [6.07, 6.45) is 0. The van der Waals surface area contributed by atoms with Crippen LogP contribution in [0.3, 0.4) is 0 Å². The molecule has 60 valence electrons. The van der Waals surface area contributed by atoms with Crippen LogP contribution in [0.15, 0.2) is 0 Å². The molecule has 0 bridgehead atoms. The molecule has 1 aromatic heterocycles. The highest BCUT2D eigenvalue weighted by Gasteiger charge is 2.19. The molecule has 6 heteroatoms. The fourth-order valence-electron chi connectivity index (χ4n) is 0.503. The average molecular weight is 215 g/mol. The maximum Gasteiger partial charge on any atom is 0.347 e. The van der Waals surface area contributed by atoms with E-state index in [0.29, 0.717) is 11.3 Å². The van der Waals surface area contributed by atoms with Gasteiger partial charge in [0.2, 0.25) is 0 Å². The number of carboxylic acids is 1. The summed E-state index contributed by atoms with van der Waals surface area (Å²) >= 11 is 11.2. The minimum absolute atomic E-state index is 0.229. The maximum atomic E-state index is 12.6. The monoisotopic (exact) mass is 214 g/mol. The molecule has 0 atom stereocenters. The minimum atomic E-state index is -1.27. The van der Waals surface area contributed by atoms with Crippen LogP contribution in [-0.4, -0.2) is 11.1 Å². The van der Waals surface area contributed by atoms with Gasteiger partial charge in [0, 0.05) is 0 Å². The molecule has 0 saturated heterocycles. The van der Waals surface area contributed by atoms with Crippen LogP contribution in [0.1, 0.15) is 9.67 Å². The second kappa shape index (κ2) is 2.97. The second-order valence-corrected chi connectivity index (χ2v) is 3.64. The lowest BCUT2D eigenvalue weighted by Gasteiger charge is -1.85. The lowest BCUT2D eigenvalue weighted by atomic mass is 10.5. The molecule has 0 unspecified atom stereocenters. The summed E-state index contributed by atoms with van der Waals surface area (Å²) in [4.78, 5) is 10.0. The van der Waals surface area contributed by atoms with Crippen LogP contribution in [0.25, 0.3) is 0 Å². The molecule has 0 aromatic carbocycles. The molecule has 11 heavy (non-hydrogen) atoms. The molecule has 0 aliphatic rings. The van der Waals surface area contributed by atoms with E-state index >= 15 is 0 Å². The first-order valence-corrected chi connectivity index (χ1v) is 3.98. The second-order valence-electron chi connectivity index (χ2n) is 1.64. The van der Waals surface area contributed by atoms with Crippen molar-refractivity contribution in [2.45, 2.75) is 0 Å². The summed E-state index contributed by atoms with van der Waals surface area (Å²) in [5.74, 6) is -2.14. The van der Waals surface area contributed by atoms with Gasteiger partial charge in [0.25, 0.3) is 0 Å². The fraction of sp³-hybridized carbons (Fsp3) is 0. The largest absolute Gasteiger partial charge is 0.477 e. The molecule has 1 aromatic rings. The van der Waals surface area contributed by atoms with Crippen molar-refractivity contribution in [1.82, 2.24) is 0 Å². The quantitative estimate of drug-likeness (QED) is 0.781. The maximum absolute atomic E-state index is 12.6. The summed E-state index contributed by atoms with van der Waals surface area (Å²) in [5, 5.41) is 7.98. The summed E-state index contributed by atoms with van der Waals surface area (Å²) in [6.45, 7) is 0. The predicted molar refractivity (Wildman–Crippen MR) is 41.3 cm³/mol. The third-order valence-electron chi connectivity index (χ3n) is 0.951. The molecule has 2 nitrogen and oxygen atoms in total. The van der Waals surface area contributed by atoms with Gasteiger partial charge in [-0.15, -0.1) is 11.3 Å². The Labute approximate surface area is 75.2 Å². The Kier molecular flexibility index (Phi) is 2.37. The Morgan fingerprint density at radius 3 is 2.27 bits per heavy atom. The van der Waals surface area contributed by atoms with Crippen molar-refractivity contribution in [3.8, 4) is 0 Å². The van der Waals surface area contributed by atoms with Gasteiger partial charge in [0.1, 0.15) is 14.2 Å². The van der Waals surface area contributed by atoms with Gasteiger partial charge >= 0.3 is 5.97 Å². The molecular weight excluding hydrogens is 214 g/mol. The Balaban J connectivity index is 3.29. The SMILES string of the molecule is O=C(O)c1sc(Cl)c(F)c1Cl. The number of carbonyl (C=O) groups is 1. The third kappa shape index (κ3) is 1.47. The van der Waals surface area contributed by atoms with Gasteiger partial charge in [0.15, 0.2) is 5.82 Å². The molecular formula is C5HCl2FO2S. The van der Waals surface area contributed by atoms with Gasteiger partial charge in [-0.25, -0.2) is 9.18 Å². The Morgan fingerprint density at radius 1 is 1.55 bits per heavy atom. The topological polar surface area (TPSA) is 37.3 Å². The van der Waals surface area contributed by atoms with E-state index in [1.807, 2.05) is 0 Å². The van der Waals surface area contributed by atoms with Gasteiger partial charge in [-0.1, -0.05) is 23.2 Å². The smallest absolute Gasteiger partial charge is 0.347 e. The summed E-state index contributed by atoms with van der Waals surface area (Å²) in [6, 6.07) is 0. The van der Waals surface area contributed by atoms with E-state index in [1.165, 1.54) is 0 Å². The summed E-state index contributed by atoms with van der Waals surface area (Å²) in [5.41, 5.74) is 0. The number of carboxylic acid groups (broad SMARTS) is 1. The molecule has 0 fully saturated rings. The number of rotatable bonds is 1. The van der Waals surface area contributed by atoms with E-state index < -0.39 is 16.8 Å². The number of thiophene rings is 1. The Morgan fingerprint density at radius 2 is 2.09 bits per heavy atom. The molecule has 1 N–H and O–H groups in total. The third-order valence-corrected chi connectivity index (χ3v) is 2.76.